The van der Waals surface area contributed by atoms with Crippen LogP contribution in [0, 0.1) is 0 Å². The van der Waals surface area contributed by atoms with Gasteiger partial charge in [0.1, 0.15) is 5.75 Å². The van der Waals surface area contributed by atoms with Crippen LogP contribution < -0.4 is 15.4 Å². The Morgan fingerprint density at radius 1 is 1.45 bits per heavy atom. The summed E-state index contributed by atoms with van der Waals surface area (Å²) in [6.07, 6.45) is -1.57. The maximum absolute atomic E-state index is 11.5. The summed E-state index contributed by atoms with van der Waals surface area (Å²) in [4.78, 5) is 21.9. The Morgan fingerprint density at radius 2 is 2.15 bits per heavy atom. The number of hydrogen-bond donors (Lipinski definition) is 4. The van der Waals surface area contributed by atoms with E-state index < -0.39 is 18.1 Å². The van der Waals surface area contributed by atoms with Crippen molar-refractivity contribution >= 4 is 29.3 Å². The molecule has 0 unspecified atom stereocenters. The van der Waals surface area contributed by atoms with Crippen molar-refractivity contribution in [3.05, 3.63) is 23.2 Å². The maximum Gasteiger partial charge on any atom is 0.332 e. The number of nitrogens with one attached hydrogen (secondary N) is 2. The van der Waals surface area contributed by atoms with Crippen LogP contribution in [0.5, 0.6) is 5.75 Å². The SMILES string of the molecule is COc1cc(NC(=O)NCC[C@H](O)C(=O)O)ccc1Cl. The van der Waals surface area contributed by atoms with Gasteiger partial charge in [-0.2, -0.15) is 0 Å². The van der Waals surface area contributed by atoms with Crippen LogP contribution in [0.1, 0.15) is 6.42 Å². The summed E-state index contributed by atoms with van der Waals surface area (Å²) in [6.45, 7) is 0.0318. The predicted molar refractivity (Wildman–Crippen MR) is 73.3 cm³/mol. The molecule has 4 N–H and O–H groups in total. The molecule has 0 aliphatic carbocycles. The standard InChI is InChI=1S/C12H15ClN2O5/c1-20-10-6-7(2-3-8(10)13)15-12(19)14-5-4-9(16)11(17)18/h2-3,6,9,16H,4-5H2,1H3,(H,17,18)(H2,14,15,19)/t9-/m0/s1. The number of hydrogen-bond acceptors (Lipinski definition) is 4. The van der Waals surface area contributed by atoms with Crippen molar-refractivity contribution in [3.8, 4) is 5.75 Å². The molecule has 7 nitrogen and oxygen atoms in total. The van der Waals surface area contributed by atoms with Crippen LogP contribution in [0.25, 0.3) is 0 Å². The highest BCUT2D eigenvalue weighted by atomic mass is 35.5. The Labute approximate surface area is 120 Å². The van der Waals surface area contributed by atoms with E-state index in [1.165, 1.54) is 7.11 Å². The average Bonchev–Trinajstić information content (AvgIpc) is 2.40. The van der Waals surface area contributed by atoms with E-state index >= 15 is 0 Å². The topological polar surface area (TPSA) is 108 Å². The van der Waals surface area contributed by atoms with Crippen LogP contribution in [-0.2, 0) is 4.79 Å². The van der Waals surface area contributed by atoms with Gasteiger partial charge in [-0.15, -0.1) is 0 Å². The molecule has 1 aromatic carbocycles. The number of aliphatic carboxylic acids is 1. The fourth-order valence-electron chi connectivity index (χ4n) is 1.36. The number of urea groups is 1. The molecule has 0 aliphatic heterocycles. The molecule has 1 rings (SSSR count). The van der Waals surface area contributed by atoms with Gasteiger partial charge in [-0.25, -0.2) is 9.59 Å². The summed E-state index contributed by atoms with van der Waals surface area (Å²) in [5, 5.41) is 22.9. The summed E-state index contributed by atoms with van der Waals surface area (Å²) in [5.74, 6) is -0.902. The molecule has 0 aliphatic rings. The van der Waals surface area contributed by atoms with Crippen molar-refractivity contribution in [1.82, 2.24) is 5.32 Å². The minimum Gasteiger partial charge on any atom is -0.495 e. The van der Waals surface area contributed by atoms with E-state index in [1.807, 2.05) is 0 Å². The van der Waals surface area contributed by atoms with E-state index in [4.69, 9.17) is 26.6 Å². The van der Waals surface area contributed by atoms with E-state index in [0.29, 0.717) is 16.5 Å². The zero-order chi connectivity index (χ0) is 15.1. The summed E-state index contributed by atoms with van der Waals surface area (Å²) in [5.41, 5.74) is 0.475. The molecule has 0 saturated heterocycles. The maximum atomic E-state index is 11.5. The second-order valence-corrected chi connectivity index (χ2v) is 4.28. The fraction of sp³-hybridized carbons (Fsp3) is 0.333. The van der Waals surface area contributed by atoms with E-state index in [9.17, 15) is 9.59 Å². The lowest BCUT2D eigenvalue weighted by atomic mass is 10.2. The van der Waals surface area contributed by atoms with Crippen LogP contribution in [-0.4, -0.2) is 42.0 Å². The molecule has 1 aromatic rings. The van der Waals surface area contributed by atoms with Gasteiger partial charge in [0.2, 0.25) is 0 Å². The van der Waals surface area contributed by atoms with Crippen molar-refractivity contribution in [2.45, 2.75) is 12.5 Å². The van der Waals surface area contributed by atoms with Gasteiger partial charge in [0.05, 0.1) is 12.1 Å². The lowest BCUT2D eigenvalue weighted by Crippen LogP contribution is -2.33. The normalized spacial score (nSPS) is 11.6. The minimum absolute atomic E-state index is 0.0318. The third kappa shape index (κ3) is 4.94. The molecule has 0 radical (unpaired) electrons. The van der Waals surface area contributed by atoms with Crippen LogP contribution in [0.4, 0.5) is 10.5 Å². The van der Waals surface area contributed by atoms with Gasteiger partial charge in [0.15, 0.2) is 6.10 Å². The smallest absolute Gasteiger partial charge is 0.332 e. The number of anilines is 1. The van der Waals surface area contributed by atoms with Gasteiger partial charge >= 0.3 is 12.0 Å². The Balaban J connectivity index is 2.44. The molecule has 0 bridgehead atoms. The number of aliphatic hydroxyl groups excluding tert-OH is 1. The Kier molecular flexibility index (Phi) is 6.08. The third-order valence-electron chi connectivity index (χ3n) is 2.40. The van der Waals surface area contributed by atoms with Crippen LogP contribution in [0.3, 0.4) is 0 Å². The summed E-state index contributed by atoms with van der Waals surface area (Å²) in [6, 6.07) is 4.20. The second kappa shape index (κ2) is 7.56. The molecule has 0 heterocycles. The first-order valence-electron chi connectivity index (χ1n) is 5.73. The molecule has 0 fully saturated rings. The molecule has 2 amide bonds. The number of ether oxygens (including phenoxy) is 1. The molecule has 0 spiro atoms. The van der Waals surface area contributed by atoms with Gasteiger partial charge in [0.25, 0.3) is 0 Å². The Hall–Kier alpha value is -1.99. The molecule has 1 atom stereocenters. The monoisotopic (exact) mass is 302 g/mol. The first-order chi connectivity index (χ1) is 9.43. The number of methoxy groups -OCH3 is 1. The lowest BCUT2D eigenvalue weighted by molar-refractivity contribution is -0.146. The van der Waals surface area contributed by atoms with E-state index in [0.717, 1.165) is 0 Å². The number of carbonyl (C=O) groups is 2. The predicted octanol–water partition coefficient (Wildman–Crippen LogP) is 1.31. The number of aliphatic hydroxyl groups is 1. The Bertz CT molecular complexity index is 495. The van der Waals surface area contributed by atoms with Crippen molar-refractivity contribution < 1.29 is 24.5 Å². The molecule has 110 valence electrons. The highest BCUT2D eigenvalue weighted by Gasteiger charge is 2.13. The molecule has 8 heteroatoms. The van der Waals surface area contributed by atoms with Gasteiger partial charge < -0.3 is 25.6 Å². The van der Waals surface area contributed by atoms with E-state index in [-0.39, 0.29) is 13.0 Å². The van der Waals surface area contributed by atoms with Gasteiger partial charge in [-0.1, -0.05) is 11.6 Å². The quantitative estimate of drug-likeness (QED) is 0.633. The van der Waals surface area contributed by atoms with Crippen LogP contribution in [0.2, 0.25) is 5.02 Å². The van der Waals surface area contributed by atoms with Crippen molar-refractivity contribution in [3.63, 3.8) is 0 Å². The number of rotatable bonds is 6. The molecular formula is C12H15ClN2O5. The average molecular weight is 303 g/mol. The van der Waals surface area contributed by atoms with Gasteiger partial charge in [-0.3, -0.25) is 0 Å². The number of benzene rings is 1. The molecule has 0 saturated carbocycles. The Morgan fingerprint density at radius 3 is 2.75 bits per heavy atom. The minimum atomic E-state index is -1.49. The fourth-order valence-corrected chi connectivity index (χ4v) is 1.55. The second-order valence-electron chi connectivity index (χ2n) is 3.87. The lowest BCUT2D eigenvalue weighted by Gasteiger charge is -2.10. The first kappa shape index (κ1) is 16.1. The number of carbonyl (C=O) groups excluding carboxylic acids is 1. The van der Waals surface area contributed by atoms with Crippen molar-refractivity contribution in [2.24, 2.45) is 0 Å². The van der Waals surface area contributed by atoms with Crippen LogP contribution in [0.15, 0.2) is 18.2 Å². The largest absolute Gasteiger partial charge is 0.495 e. The third-order valence-corrected chi connectivity index (χ3v) is 2.71. The summed E-state index contributed by atoms with van der Waals surface area (Å²) < 4.78 is 5.00. The summed E-state index contributed by atoms with van der Waals surface area (Å²) in [7, 11) is 1.46. The highest BCUT2D eigenvalue weighted by molar-refractivity contribution is 6.32. The highest BCUT2D eigenvalue weighted by Crippen LogP contribution is 2.27. The molecular weight excluding hydrogens is 288 g/mol. The number of halogens is 1. The van der Waals surface area contributed by atoms with Crippen molar-refractivity contribution in [2.75, 3.05) is 19.0 Å². The first-order valence-corrected chi connectivity index (χ1v) is 6.11. The number of amides is 2. The van der Waals surface area contributed by atoms with E-state index in [1.54, 1.807) is 18.2 Å². The van der Waals surface area contributed by atoms with Gasteiger partial charge in [-0.05, 0) is 12.1 Å². The molecule has 0 aromatic heterocycles. The zero-order valence-electron chi connectivity index (χ0n) is 10.7. The van der Waals surface area contributed by atoms with E-state index in [2.05, 4.69) is 10.6 Å². The summed E-state index contributed by atoms with van der Waals surface area (Å²) >= 11 is 5.84. The van der Waals surface area contributed by atoms with Crippen LogP contribution >= 0.6 is 11.6 Å². The number of carboxylic acids is 1. The van der Waals surface area contributed by atoms with Crippen molar-refractivity contribution in [1.29, 1.82) is 0 Å². The van der Waals surface area contributed by atoms with Gasteiger partial charge in [0, 0.05) is 24.7 Å². The zero-order valence-corrected chi connectivity index (χ0v) is 11.5. The number of carboxylic acid groups (broad SMARTS) is 1. The molecule has 20 heavy (non-hydrogen) atoms.